The molecule has 2 N–H and O–H groups in total. The highest BCUT2D eigenvalue weighted by molar-refractivity contribution is 5.97. The van der Waals surface area contributed by atoms with Gasteiger partial charge >= 0.3 is 6.09 Å². The largest absolute Gasteiger partial charge is 0.445 e. The molecule has 1 unspecified atom stereocenters. The van der Waals surface area contributed by atoms with Crippen LogP contribution in [0.1, 0.15) is 58.1 Å². The summed E-state index contributed by atoms with van der Waals surface area (Å²) in [5, 5.41) is 9.23. The van der Waals surface area contributed by atoms with Gasteiger partial charge in [0.2, 0.25) is 11.6 Å². The molecule has 2 aromatic carbocycles. The first-order valence-corrected chi connectivity index (χ1v) is 13.8. The number of carbonyl (C=O) groups is 3. The first-order valence-electron chi connectivity index (χ1n) is 13.8. The summed E-state index contributed by atoms with van der Waals surface area (Å²) in [6, 6.07) is 12.1. The topological polar surface area (TPSA) is 126 Å². The molecule has 220 valence electrons. The fourth-order valence-corrected chi connectivity index (χ4v) is 4.44. The van der Waals surface area contributed by atoms with Gasteiger partial charge in [-0.25, -0.2) is 9.18 Å². The highest BCUT2D eigenvalue weighted by Crippen LogP contribution is 2.18. The lowest BCUT2D eigenvalue weighted by Gasteiger charge is -2.25. The summed E-state index contributed by atoms with van der Waals surface area (Å²) in [6.07, 6.45) is -0.137. The SMILES string of the molecule is CC(C)C[C@H](NC(=O)[C@H](CC(C)C)NC(=O)OCc1ccccc1)C(=O)CC1C(Cc2ccc(F)cc2)=NO[N+]1=O. The zero-order valence-corrected chi connectivity index (χ0v) is 23.8. The number of hydrogen-bond acceptors (Lipinski definition) is 7. The maximum absolute atomic E-state index is 13.4. The summed E-state index contributed by atoms with van der Waals surface area (Å²) >= 11 is 0. The summed E-state index contributed by atoms with van der Waals surface area (Å²) < 4.78 is 18.6. The highest BCUT2D eigenvalue weighted by atomic mass is 19.1. The van der Waals surface area contributed by atoms with Gasteiger partial charge in [0.15, 0.2) is 15.9 Å². The molecule has 0 bridgehead atoms. The van der Waals surface area contributed by atoms with E-state index in [1.54, 1.807) is 12.1 Å². The molecule has 3 rings (SSSR count). The predicted molar refractivity (Wildman–Crippen MR) is 150 cm³/mol. The summed E-state index contributed by atoms with van der Waals surface area (Å²) in [5.74, 6) is -1.17. The molecule has 0 fully saturated rings. The Morgan fingerprint density at radius 1 is 0.927 bits per heavy atom. The van der Waals surface area contributed by atoms with Crippen molar-refractivity contribution in [1.29, 1.82) is 0 Å². The lowest BCUT2D eigenvalue weighted by Crippen LogP contribution is -2.53. The second kappa shape index (κ2) is 15.0. The molecule has 11 heteroatoms. The van der Waals surface area contributed by atoms with E-state index in [9.17, 15) is 23.7 Å². The molecule has 2 amide bonds. The van der Waals surface area contributed by atoms with Crippen LogP contribution >= 0.6 is 0 Å². The van der Waals surface area contributed by atoms with Crippen LogP contribution in [0.15, 0.2) is 59.8 Å². The van der Waals surface area contributed by atoms with Crippen molar-refractivity contribution < 1.29 is 33.4 Å². The van der Waals surface area contributed by atoms with E-state index in [4.69, 9.17) is 9.68 Å². The molecular weight excluding hydrogens is 531 g/mol. The Morgan fingerprint density at radius 3 is 2.20 bits per heavy atom. The minimum absolute atomic E-state index is 0.0483. The lowest BCUT2D eigenvalue weighted by atomic mass is 9.93. The molecule has 10 nitrogen and oxygen atoms in total. The third kappa shape index (κ3) is 10.1. The Labute approximate surface area is 239 Å². The van der Waals surface area contributed by atoms with Crippen molar-refractivity contribution in [3.05, 3.63) is 76.4 Å². The van der Waals surface area contributed by atoms with E-state index in [-0.39, 0.29) is 42.0 Å². The molecule has 0 saturated heterocycles. The van der Waals surface area contributed by atoms with Gasteiger partial charge in [-0.15, -0.1) is 0 Å². The van der Waals surface area contributed by atoms with Crippen LogP contribution in [0, 0.1) is 22.6 Å². The molecule has 0 saturated carbocycles. The lowest BCUT2D eigenvalue weighted by molar-refractivity contribution is -0.807. The average Bonchev–Trinajstić information content (AvgIpc) is 3.26. The predicted octanol–water partition coefficient (Wildman–Crippen LogP) is 4.65. The van der Waals surface area contributed by atoms with Gasteiger partial charge in [-0.05, 0) is 57.8 Å². The third-order valence-corrected chi connectivity index (χ3v) is 6.51. The molecule has 0 spiro atoms. The fourth-order valence-electron chi connectivity index (χ4n) is 4.44. The van der Waals surface area contributed by atoms with E-state index >= 15 is 0 Å². The Bertz CT molecular complexity index is 1230. The van der Waals surface area contributed by atoms with Gasteiger partial charge in [-0.1, -0.05) is 70.2 Å². The molecule has 41 heavy (non-hydrogen) atoms. The smallest absolute Gasteiger partial charge is 0.408 e. The number of hydrogen-bond donors (Lipinski definition) is 2. The van der Waals surface area contributed by atoms with Gasteiger partial charge in [0, 0.05) is 6.42 Å². The Balaban J connectivity index is 1.66. The van der Waals surface area contributed by atoms with Gasteiger partial charge in [0.05, 0.1) is 12.5 Å². The van der Waals surface area contributed by atoms with Crippen molar-refractivity contribution in [3.63, 3.8) is 0 Å². The van der Waals surface area contributed by atoms with E-state index < -0.39 is 35.9 Å². The quantitative estimate of drug-likeness (QED) is 0.341. The monoisotopic (exact) mass is 569 g/mol. The van der Waals surface area contributed by atoms with Crippen LogP contribution in [0.25, 0.3) is 0 Å². The van der Waals surface area contributed by atoms with E-state index in [0.717, 1.165) is 5.56 Å². The molecule has 0 radical (unpaired) electrons. The van der Waals surface area contributed by atoms with Crippen LogP contribution in [0.2, 0.25) is 0 Å². The number of alkyl carbamates (subject to hydrolysis) is 1. The van der Waals surface area contributed by atoms with Gasteiger partial charge in [0.25, 0.3) is 6.04 Å². The van der Waals surface area contributed by atoms with Gasteiger partial charge < -0.3 is 15.4 Å². The number of ketones is 1. The van der Waals surface area contributed by atoms with E-state index in [2.05, 4.69) is 15.8 Å². The van der Waals surface area contributed by atoms with Crippen molar-refractivity contribution in [1.82, 2.24) is 10.6 Å². The maximum Gasteiger partial charge on any atom is 0.408 e. The van der Waals surface area contributed by atoms with Crippen LogP contribution in [0.5, 0.6) is 0 Å². The number of Topliss-reactive ketones (excluding diaryl/α,β-unsaturated/α-hetero) is 1. The van der Waals surface area contributed by atoms with Crippen molar-refractivity contribution in [3.8, 4) is 0 Å². The van der Waals surface area contributed by atoms with Crippen molar-refractivity contribution in [2.75, 3.05) is 0 Å². The summed E-state index contributed by atoms with van der Waals surface area (Å²) in [6.45, 7) is 7.71. The number of nitrogens with zero attached hydrogens (tertiary/aromatic N) is 2. The molecule has 2 aromatic rings. The molecule has 0 aliphatic carbocycles. The van der Waals surface area contributed by atoms with Crippen LogP contribution in [0.4, 0.5) is 9.18 Å². The number of halogens is 1. The number of oxime groups is 1. The van der Waals surface area contributed by atoms with E-state index in [0.29, 0.717) is 24.1 Å². The van der Waals surface area contributed by atoms with Gasteiger partial charge in [-0.2, -0.15) is 0 Å². The first-order chi connectivity index (χ1) is 19.5. The number of nitrogens with one attached hydrogen (secondary N) is 2. The van der Waals surface area contributed by atoms with Gasteiger partial charge in [-0.3, -0.25) is 9.59 Å². The summed E-state index contributed by atoms with van der Waals surface area (Å²) in [7, 11) is 0. The Morgan fingerprint density at radius 2 is 1.56 bits per heavy atom. The number of benzene rings is 2. The standard InChI is InChI=1S/C30H37FN4O6/c1-19(2)14-25(28(36)17-27-24(34-41-35(27)39)16-21-10-12-23(31)13-11-21)32-29(37)26(15-20(3)4)33-30(38)40-18-22-8-6-5-7-9-22/h5-13,19-20,25-27H,14-18H2,1-4H3,(H-,32,33,37,38)/p+1/t25-,26-,27?/m0/s1. The number of rotatable bonds is 14. The second-order valence-corrected chi connectivity index (χ2v) is 11.0. The van der Waals surface area contributed by atoms with Crippen LogP contribution in [-0.2, 0) is 32.3 Å². The van der Waals surface area contributed by atoms with Crippen molar-refractivity contribution in [2.24, 2.45) is 17.0 Å². The minimum Gasteiger partial charge on any atom is -0.445 e. The van der Waals surface area contributed by atoms with Gasteiger partial charge in [0.1, 0.15) is 18.5 Å². The first kappa shape index (κ1) is 31.4. The average molecular weight is 570 g/mol. The highest BCUT2D eigenvalue weighted by Gasteiger charge is 2.43. The van der Waals surface area contributed by atoms with Crippen molar-refractivity contribution >= 4 is 23.5 Å². The van der Waals surface area contributed by atoms with Crippen molar-refractivity contribution in [2.45, 2.75) is 78.1 Å². The summed E-state index contributed by atoms with van der Waals surface area (Å²) in [4.78, 5) is 56.7. The van der Waals surface area contributed by atoms with E-state index in [1.165, 1.54) is 12.1 Å². The molecule has 1 aliphatic rings. The summed E-state index contributed by atoms with van der Waals surface area (Å²) in [5.41, 5.74) is 1.84. The number of amides is 2. The zero-order chi connectivity index (χ0) is 29.9. The normalized spacial score (nSPS) is 16.1. The second-order valence-electron chi connectivity index (χ2n) is 11.0. The maximum atomic E-state index is 13.4. The number of carbonyl (C=O) groups excluding carboxylic acids is 3. The van der Waals surface area contributed by atoms with E-state index in [1.807, 2.05) is 58.0 Å². The van der Waals surface area contributed by atoms with Crippen LogP contribution in [0.3, 0.4) is 0 Å². The Kier molecular flexibility index (Phi) is 11.5. The Hall–Kier alpha value is -4.15. The number of ether oxygens (including phenoxy) is 1. The van der Waals surface area contributed by atoms with Crippen LogP contribution < -0.4 is 10.6 Å². The molecule has 1 aliphatic heterocycles. The van der Waals surface area contributed by atoms with Crippen LogP contribution in [-0.4, -0.2) is 46.5 Å². The molecule has 1 heterocycles. The molecule has 0 aromatic heterocycles. The molecular formula is C30H38FN4O6+. The zero-order valence-electron chi connectivity index (χ0n) is 23.8. The third-order valence-electron chi connectivity index (χ3n) is 6.51. The molecule has 3 atom stereocenters. The minimum atomic E-state index is -0.989. The fraction of sp³-hybridized carbons (Fsp3) is 0.467.